The topological polar surface area (TPSA) is 80.3 Å². The van der Waals surface area contributed by atoms with Crippen LogP contribution in [-0.2, 0) is 9.59 Å². The first-order valence-electron chi connectivity index (χ1n) is 2.98. The van der Waals surface area contributed by atoms with Crippen LogP contribution in [0.4, 0.5) is 0 Å². The van der Waals surface area contributed by atoms with Crippen LogP contribution in [-0.4, -0.2) is 68.2 Å². The van der Waals surface area contributed by atoms with Gasteiger partial charge in [-0.3, -0.25) is 0 Å². The van der Waals surface area contributed by atoms with Crippen LogP contribution in [0.2, 0.25) is 0 Å². The Hall–Kier alpha value is 1.00. The van der Waals surface area contributed by atoms with Gasteiger partial charge in [-0.15, -0.1) is 23.2 Å². The average molecular weight is 303 g/mol. The number of carboxylic acids is 2. The zero-order valence-electron chi connectivity index (χ0n) is 7.25. The number of carbonyl (C=O) groups excluding carboxylic acids is 2. The van der Waals surface area contributed by atoms with E-state index < -0.39 is 22.7 Å². The zero-order chi connectivity index (χ0) is 10.3. The monoisotopic (exact) mass is 302 g/mol. The van der Waals surface area contributed by atoms with E-state index in [2.05, 4.69) is 0 Å². The molecule has 0 aliphatic carbocycles. The minimum atomic E-state index is -1.23. The van der Waals surface area contributed by atoms with Crippen molar-refractivity contribution < 1.29 is 19.8 Å². The minimum Gasteiger partial charge on any atom is -0.549 e. The molecule has 0 aromatic rings. The van der Waals surface area contributed by atoms with E-state index in [0.29, 0.717) is 0 Å². The summed E-state index contributed by atoms with van der Waals surface area (Å²) in [6, 6.07) is 0. The van der Waals surface area contributed by atoms with E-state index in [-0.39, 0.29) is 45.5 Å². The Labute approximate surface area is 123 Å². The second-order valence-corrected chi connectivity index (χ2v) is 3.18. The van der Waals surface area contributed by atoms with Crippen molar-refractivity contribution in [3.8, 4) is 0 Å². The number of carbonyl (C=O) groups is 2. The van der Waals surface area contributed by atoms with Gasteiger partial charge in [-0.25, -0.2) is 0 Å². The van der Waals surface area contributed by atoms with Crippen LogP contribution in [0.1, 0.15) is 13.8 Å². The van der Waals surface area contributed by atoms with Gasteiger partial charge in [0.05, 0.1) is 22.7 Å². The summed E-state index contributed by atoms with van der Waals surface area (Å²) in [6.07, 6.45) is 0. The van der Waals surface area contributed by atoms with E-state index >= 15 is 0 Å². The fraction of sp³-hybridized carbons (Fsp3) is 0.667. The van der Waals surface area contributed by atoms with Crippen LogP contribution in [0.25, 0.3) is 0 Å². The summed E-state index contributed by atoms with van der Waals surface area (Å²) in [5, 5.41) is 17.2. The summed E-state index contributed by atoms with van der Waals surface area (Å²) in [7, 11) is 0. The first-order valence-corrected chi connectivity index (χ1v) is 3.86. The van der Waals surface area contributed by atoms with Gasteiger partial charge in [0.2, 0.25) is 0 Å². The van der Waals surface area contributed by atoms with Crippen LogP contribution in [0.15, 0.2) is 0 Å². The quantitative estimate of drug-likeness (QED) is 0.452. The molecule has 2 atom stereocenters. The summed E-state index contributed by atoms with van der Waals surface area (Å²) in [5.74, 6) is -2.45. The molecule has 0 spiro atoms. The fourth-order valence-electron chi connectivity index (χ4n) is 0. The van der Waals surface area contributed by atoms with Crippen LogP contribution >= 0.6 is 23.2 Å². The third-order valence-corrected chi connectivity index (χ3v) is 1.01. The maximum Gasteiger partial charge on any atom is 2.00 e. The van der Waals surface area contributed by atoms with E-state index in [4.69, 9.17) is 23.2 Å². The average Bonchev–Trinajstić information content (AvgIpc) is 1.88. The Morgan fingerprint density at radius 3 is 1.08 bits per heavy atom. The predicted octanol–water partition coefficient (Wildman–Crippen LogP) is -1.65. The van der Waals surface area contributed by atoms with Crippen molar-refractivity contribution in [1.29, 1.82) is 0 Å². The van der Waals surface area contributed by atoms with Crippen LogP contribution in [0.3, 0.4) is 0 Å². The van der Waals surface area contributed by atoms with Crippen LogP contribution < -0.4 is 10.2 Å². The van der Waals surface area contributed by atoms with Crippen LogP contribution in [0.5, 0.6) is 0 Å². The van der Waals surface area contributed by atoms with Crippen molar-refractivity contribution in [2.45, 2.75) is 24.6 Å². The van der Waals surface area contributed by atoms with Crippen molar-refractivity contribution in [3.63, 3.8) is 0 Å². The van der Waals surface area contributed by atoms with E-state index in [9.17, 15) is 19.8 Å². The summed E-state index contributed by atoms with van der Waals surface area (Å²) < 4.78 is 0. The van der Waals surface area contributed by atoms with Gasteiger partial charge in [0.25, 0.3) is 0 Å². The molecule has 0 aliphatic rings. The maximum absolute atomic E-state index is 9.46. The van der Waals surface area contributed by atoms with Gasteiger partial charge in [-0.2, -0.15) is 0 Å². The Balaban J connectivity index is -0.000000143. The second kappa shape index (κ2) is 11.1. The zero-order valence-corrected chi connectivity index (χ0v) is 12.2. The van der Waals surface area contributed by atoms with Crippen molar-refractivity contribution in [2.75, 3.05) is 0 Å². The maximum atomic E-state index is 9.46. The Morgan fingerprint density at radius 1 is 1.00 bits per heavy atom. The molecule has 0 aromatic heterocycles. The van der Waals surface area contributed by atoms with E-state index in [1.165, 1.54) is 13.8 Å². The summed E-state index contributed by atoms with van der Waals surface area (Å²) >= 11 is 9.90. The van der Waals surface area contributed by atoms with Gasteiger partial charge in [-0.05, 0) is 13.8 Å². The van der Waals surface area contributed by atoms with Crippen LogP contribution in [0, 0.1) is 0 Å². The van der Waals surface area contributed by atoms with Gasteiger partial charge in [0, 0.05) is 0 Å². The molecule has 7 heteroatoms. The first-order chi connectivity index (χ1) is 5.29. The normalized spacial score (nSPS) is 12.6. The molecule has 0 saturated heterocycles. The van der Waals surface area contributed by atoms with Crippen molar-refractivity contribution in [3.05, 3.63) is 0 Å². The number of hydrogen-bond donors (Lipinski definition) is 0. The third kappa shape index (κ3) is 19.4. The molecule has 0 radical (unpaired) electrons. The molecule has 0 N–H and O–H groups in total. The number of hydrogen-bond acceptors (Lipinski definition) is 4. The summed E-state index contributed by atoms with van der Waals surface area (Å²) in [6.45, 7) is 2.69. The van der Waals surface area contributed by atoms with Gasteiger partial charge >= 0.3 is 45.5 Å². The molecule has 0 aromatic carbocycles. The molecule has 4 nitrogen and oxygen atoms in total. The Morgan fingerprint density at radius 2 is 1.08 bits per heavy atom. The van der Waals surface area contributed by atoms with Gasteiger partial charge in [0.15, 0.2) is 0 Å². The first kappa shape index (κ1) is 19.6. The number of alkyl halides is 2. The Bertz CT molecular complexity index is 143. The number of aliphatic carboxylic acids is 2. The van der Waals surface area contributed by atoms with Crippen molar-refractivity contribution in [1.82, 2.24) is 0 Å². The summed E-state index contributed by atoms with van der Waals surface area (Å²) in [4.78, 5) is 18.9. The molecule has 72 valence electrons. The van der Waals surface area contributed by atoms with Gasteiger partial charge in [-0.1, -0.05) is 0 Å². The molecule has 2 unspecified atom stereocenters. The molecule has 0 fully saturated rings. The van der Waals surface area contributed by atoms with E-state index in [0.717, 1.165) is 0 Å². The molecule has 0 amide bonds. The largest absolute Gasteiger partial charge is 2.00 e. The van der Waals surface area contributed by atoms with Crippen molar-refractivity contribution in [2.24, 2.45) is 0 Å². The smallest absolute Gasteiger partial charge is 0.549 e. The summed E-state index contributed by atoms with van der Waals surface area (Å²) in [5.41, 5.74) is 0. The van der Waals surface area contributed by atoms with Gasteiger partial charge in [0.1, 0.15) is 0 Å². The number of carboxylic acid groups (broad SMARTS) is 2. The molecule has 13 heavy (non-hydrogen) atoms. The van der Waals surface area contributed by atoms with Crippen molar-refractivity contribution >= 4 is 80.6 Å². The number of rotatable bonds is 2. The number of halogens is 2. The molecular weight excluding hydrogens is 295 g/mol. The third-order valence-electron chi connectivity index (χ3n) is 0.650. The second-order valence-electron chi connectivity index (χ2n) is 1.87. The fourth-order valence-corrected chi connectivity index (χ4v) is 0. The molecule has 0 aliphatic heterocycles. The minimum absolute atomic E-state index is 0. The van der Waals surface area contributed by atoms with E-state index in [1.54, 1.807) is 0 Å². The molecule has 0 bridgehead atoms. The standard InChI is InChI=1S/2C3H5ClO2.Sr/c2*1-2(4)3(5)6;/h2*2H,1H3,(H,5,6);/q;;+2/p-2. The molecule has 0 rings (SSSR count). The molecule has 0 heterocycles. The molecule has 0 saturated carbocycles. The van der Waals surface area contributed by atoms with E-state index in [1.807, 2.05) is 0 Å². The van der Waals surface area contributed by atoms with Gasteiger partial charge < -0.3 is 19.8 Å². The predicted molar refractivity (Wildman–Crippen MR) is 46.4 cm³/mol. The Kier molecular flexibility index (Phi) is 16.7. The SMILES string of the molecule is CC(Cl)C(=O)[O-].CC(Cl)C(=O)[O-].[Sr+2]. The molecular formula is C6H8Cl2O4Sr.